The van der Waals surface area contributed by atoms with Gasteiger partial charge in [-0.2, -0.15) is 0 Å². The van der Waals surface area contributed by atoms with Gasteiger partial charge in [-0.25, -0.2) is 0 Å². The van der Waals surface area contributed by atoms with Crippen molar-refractivity contribution in [2.45, 2.75) is 28.4 Å². The third kappa shape index (κ3) is 6.37. The molecule has 22 heavy (non-hydrogen) atoms. The van der Waals surface area contributed by atoms with Crippen molar-refractivity contribution < 1.29 is 4.79 Å². The van der Waals surface area contributed by atoms with Gasteiger partial charge in [-0.15, -0.1) is 10.2 Å². The van der Waals surface area contributed by atoms with E-state index in [2.05, 4.69) is 39.8 Å². The van der Waals surface area contributed by atoms with Gasteiger partial charge in [0.15, 0.2) is 8.68 Å². The number of benzene rings is 1. The zero-order valence-electron chi connectivity index (χ0n) is 12.4. The van der Waals surface area contributed by atoms with Crippen molar-refractivity contribution in [3.05, 3.63) is 35.9 Å². The van der Waals surface area contributed by atoms with E-state index in [1.807, 2.05) is 13.0 Å². The highest BCUT2D eigenvalue weighted by atomic mass is 32.2. The fraction of sp³-hybridized carbons (Fsp3) is 0.400. The van der Waals surface area contributed by atoms with Gasteiger partial charge in [0.25, 0.3) is 0 Å². The van der Waals surface area contributed by atoms with Crippen LogP contribution in [-0.4, -0.2) is 34.2 Å². The highest BCUT2D eigenvalue weighted by Gasteiger charge is 2.08. The lowest BCUT2D eigenvalue weighted by molar-refractivity contribution is -0.118. The summed E-state index contributed by atoms with van der Waals surface area (Å²) < 4.78 is 1.82. The van der Waals surface area contributed by atoms with Crippen LogP contribution >= 0.6 is 34.9 Å². The van der Waals surface area contributed by atoms with E-state index in [1.54, 1.807) is 23.1 Å². The van der Waals surface area contributed by atoms with Gasteiger partial charge < -0.3 is 5.32 Å². The van der Waals surface area contributed by atoms with Crippen molar-refractivity contribution in [2.24, 2.45) is 0 Å². The zero-order chi connectivity index (χ0) is 15.6. The number of aromatic nitrogens is 2. The van der Waals surface area contributed by atoms with E-state index >= 15 is 0 Å². The number of nitrogens with zero attached hydrogens (tertiary/aromatic N) is 2. The van der Waals surface area contributed by atoms with E-state index in [4.69, 9.17) is 0 Å². The van der Waals surface area contributed by atoms with E-state index < -0.39 is 0 Å². The molecule has 0 aliphatic carbocycles. The Kier molecular flexibility index (Phi) is 7.76. The molecule has 0 fully saturated rings. The third-order valence-corrected chi connectivity index (χ3v) is 5.94. The third-order valence-electron chi connectivity index (χ3n) is 2.75. The molecule has 0 saturated carbocycles. The second kappa shape index (κ2) is 9.86. The Hall–Kier alpha value is -1.05. The lowest BCUT2D eigenvalue weighted by Crippen LogP contribution is -2.25. The van der Waals surface area contributed by atoms with Crippen molar-refractivity contribution in [2.75, 3.05) is 18.1 Å². The van der Waals surface area contributed by atoms with Crippen LogP contribution in [0.25, 0.3) is 0 Å². The second-order valence-corrected chi connectivity index (χ2v) is 8.10. The summed E-state index contributed by atoms with van der Waals surface area (Å²) in [5.74, 6) is 1.45. The van der Waals surface area contributed by atoms with E-state index in [0.717, 1.165) is 33.8 Å². The summed E-state index contributed by atoms with van der Waals surface area (Å²) in [4.78, 5) is 11.5. The number of amides is 1. The second-order valence-electron chi connectivity index (χ2n) is 4.56. The average Bonchev–Trinajstić information content (AvgIpc) is 3.00. The largest absolute Gasteiger partial charge is 0.355 e. The monoisotopic (exact) mass is 353 g/mol. The predicted molar refractivity (Wildman–Crippen MR) is 94.8 cm³/mol. The van der Waals surface area contributed by atoms with E-state index in [1.165, 1.54) is 17.3 Å². The Morgan fingerprint density at radius 2 is 1.91 bits per heavy atom. The summed E-state index contributed by atoms with van der Waals surface area (Å²) in [7, 11) is 0. The van der Waals surface area contributed by atoms with Crippen molar-refractivity contribution in [1.82, 2.24) is 15.5 Å². The minimum absolute atomic E-state index is 0.0559. The first kappa shape index (κ1) is 17.3. The van der Waals surface area contributed by atoms with Crippen molar-refractivity contribution in [3.8, 4) is 0 Å². The molecule has 0 bridgehead atoms. The Balaban J connectivity index is 1.69. The van der Waals surface area contributed by atoms with Crippen LogP contribution in [0.2, 0.25) is 0 Å². The highest BCUT2D eigenvalue weighted by Crippen LogP contribution is 2.28. The number of aryl methyl sites for hydroxylation is 1. The molecular formula is C15H19N3OS3. The Bertz CT molecular complexity index is 574. The molecule has 4 nitrogen and oxygen atoms in total. The molecule has 1 heterocycles. The molecule has 1 N–H and O–H groups in total. The summed E-state index contributed by atoms with van der Waals surface area (Å²) in [6.45, 7) is 2.77. The quantitative estimate of drug-likeness (QED) is 0.699. The molecule has 118 valence electrons. The normalized spacial score (nSPS) is 10.6. The predicted octanol–water partition coefficient (Wildman–Crippen LogP) is 3.49. The average molecular weight is 354 g/mol. The molecule has 0 aliphatic rings. The van der Waals surface area contributed by atoms with Crippen LogP contribution < -0.4 is 5.32 Å². The van der Waals surface area contributed by atoms with Gasteiger partial charge in [0.2, 0.25) is 5.91 Å². The van der Waals surface area contributed by atoms with E-state index in [0.29, 0.717) is 5.75 Å². The number of nitrogens with one attached hydrogen (secondary N) is 1. The van der Waals surface area contributed by atoms with Crippen molar-refractivity contribution >= 4 is 40.8 Å². The molecule has 0 unspecified atom stereocenters. The van der Waals surface area contributed by atoms with Gasteiger partial charge in [0.05, 0.1) is 5.75 Å². The number of carbonyl (C=O) groups excluding carboxylic acids is 1. The molecule has 2 aromatic rings. The molecule has 0 radical (unpaired) electrons. The highest BCUT2D eigenvalue weighted by molar-refractivity contribution is 8.03. The number of hydrogen-bond donors (Lipinski definition) is 1. The van der Waals surface area contributed by atoms with Gasteiger partial charge in [-0.3, -0.25) is 4.79 Å². The number of thioether (sulfide) groups is 2. The minimum atomic E-state index is 0.0559. The smallest absolute Gasteiger partial charge is 0.230 e. The number of hydrogen-bond acceptors (Lipinski definition) is 6. The van der Waals surface area contributed by atoms with Gasteiger partial charge >= 0.3 is 0 Å². The summed E-state index contributed by atoms with van der Waals surface area (Å²) in [6.07, 6.45) is 1.98. The topological polar surface area (TPSA) is 54.9 Å². The minimum Gasteiger partial charge on any atom is -0.355 e. The van der Waals surface area contributed by atoms with Crippen LogP contribution in [0.4, 0.5) is 0 Å². The molecule has 0 spiro atoms. The van der Waals surface area contributed by atoms with E-state index in [-0.39, 0.29) is 5.91 Å². The number of rotatable bonds is 9. The van der Waals surface area contributed by atoms with Crippen LogP contribution in [0.5, 0.6) is 0 Å². The maximum absolute atomic E-state index is 11.5. The van der Waals surface area contributed by atoms with Crippen molar-refractivity contribution in [1.29, 1.82) is 0 Å². The van der Waals surface area contributed by atoms with Crippen LogP contribution in [0.15, 0.2) is 39.0 Å². The Labute approximate surface area is 143 Å². The fourth-order valence-electron chi connectivity index (χ4n) is 1.66. The zero-order valence-corrected chi connectivity index (χ0v) is 14.9. The summed E-state index contributed by atoms with van der Waals surface area (Å²) in [6, 6.07) is 10.4. The van der Waals surface area contributed by atoms with Gasteiger partial charge in [0, 0.05) is 12.3 Å². The molecule has 1 amide bonds. The molecular weight excluding hydrogens is 334 g/mol. The molecule has 1 aromatic carbocycles. The molecule has 2 rings (SSSR count). The van der Waals surface area contributed by atoms with Gasteiger partial charge in [-0.1, -0.05) is 72.1 Å². The number of carbonyl (C=O) groups is 1. The first-order valence-electron chi connectivity index (χ1n) is 7.17. The molecule has 7 heteroatoms. The van der Waals surface area contributed by atoms with Gasteiger partial charge in [0.1, 0.15) is 0 Å². The molecule has 0 saturated heterocycles. The standard InChI is InChI=1S/C15H19N3OS3/c1-2-9-16-13(19)11-21-15-18-17-14(22-15)20-10-8-12-6-4-3-5-7-12/h3-7H,2,8-11H2,1H3,(H,16,19). The molecule has 0 atom stereocenters. The van der Waals surface area contributed by atoms with Gasteiger partial charge in [-0.05, 0) is 18.4 Å². The lowest BCUT2D eigenvalue weighted by Gasteiger charge is -2.00. The van der Waals surface area contributed by atoms with E-state index in [9.17, 15) is 4.79 Å². The Morgan fingerprint density at radius 3 is 2.64 bits per heavy atom. The SMILES string of the molecule is CCCNC(=O)CSc1nnc(SCCc2ccccc2)s1. The first-order chi connectivity index (χ1) is 10.8. The summed E-state index contributed by atoms with van der Waals surface area (Å²) in [5, 5.41) is 11.1. The fourth-order valence-corrected chi connectivity index (χ4v) is 4.57. The molecule has 0 aliphatic heterocycles. The maximum Gasteiger partial charge on any atom is 0.230 e. The summed E-state index contributed by atoms with van der Waals surface area (Å²) in [5.41, 5.74) is 1.33. The van der Waals surface area contributed by atoms with Crippen LogP contribution in [-0.2, 0) is 11.2 Å². The van der Waals surface area contributed by atoms with Crippen LogP contribution in [0.1, 0.15) is 18.9 Å². The summed E-state index contributed by atoms with van der Waals surface area (Å²) >= 11 is 4.72. The van der Waals surface area contributed by atoms with Crippen LogP contribution in [0.3, 0.4) is 0 Å². The maximum atomic E-state index is 11.5. The molecule has 1 aromatic heterocycles. The Morgan fingerprint density at radius 1 is 1.18 bits per heavy atom. The lowest BCUT2D eigenvalue weighted by atomic mass is 10.2. The van der Waals surface area contributed by atoms with Crippen molar-refractivity contribution in [3.63, 3.8) is 0 Å². The first-order valence-corrected chi connectivity index (χ1v) is 9.96. The van der Waals surface area contributed by atoms with Crippen LogP contribution in [0, 0.1) is 0 Å².